The Bertz CT molecular complexity index is 766. The van der Waals surface area contributed by atoms with Gasteiger partial charge in [0.05, 0.1) is 22.4 Å². The van der Waals surface area contributed by atoms with Crippen molar-refractivity contribution >= 4 is 21.8 Å². The molecule has 0 saturated heterocycles. The van der Waals surface area contributed by atoms with Crippen LogP contribution >= 0.6 is 15.9 Å². The number of nitrogens with one attached hydrogen (secondary N) is 1. The summed E-state index contributed by atoms with van der Waals surface area (Å²) in [6.45, 7) is 6.49. The number of hydrogen-bond acceptors (Lipinski definition) is 3. The quantitative estimate of drug-likeness (QED) is 0.778. The molecule has 0 bridgehead atoms. The van der Waals surface area contributed by atoms with Crippen LogP contribution in [0.2, 0.25) is 0 Å². The predicted molar refractivity (Wildman–Crippen MR) is 88.8 cm³/mol. The Hall–Kier alpha value is -1.84. The number of hydrogen-bond donors (Lipinski definition) is 1. The lowest BCUT2D eigenvalue weighted by molar-refractivity contribution is -0.142. The summed E-state index contributed by atoms with van der Waals surface area (Å²) in [7, 11) is 0. The van der Waals surface area contributed by atoms with Crippen molar-refractivity contribution in [1.29, 1.82) is 0 Å². The molecule has 0 spiro atoms. The Morgan fingerprint density at radius 2 is 2.00 bits per heavy atom. The van der Waals surface area contributed by atoms with Gasteiger partial charge in [-0.1, -0.05) is 0 Å². The van der Waals surface area contributed by atoms with Gasteiger partial charge in [-0.2, -0.15) is 23.4 Å². The van der Waals surface area contributed by atoms with Crippen molar-refractivity contribution in [2.45, 2.75) is 53.0 Å². The highest BCUT2D eigenvalue weighted by atomic mass is 79.9. The average Bonchev–Trinajstić information content (AvgIpc) is 3.04. The van der Waals surface area contributed by atoms with Crippen LogP contribution < -0.4 is 5.32 Å². The monoisotopic (exact) mass is 421 g/mol. The van der Waals surface area contributed by atoms with Crippen LogP contribution in [-0.2, 0) is 30.6 Å². The summed E-state index contributed by atoms with van der Waals surface area (Å²) in [6, 6.07) is 0. The number of nitrogens with zero attached hydrogens (tertiary/aromatic N) is 4. The second-order valence-electron chi connectivity index (χ2n) is 5.59. The molecule has 0 aliphatic carbocycles. The first-order chi connectivity index (χ1) is 11.6. The number of carbonyl (C=O) groups is 1. The smallest absolute Gasteiger partial charge is 0.352 e. The fraction of sp³-hybridized carbons (Fsp3) is 0.533. The molecule has 0 fully saturated rings. The highest BCUT2D eigenvalue weighted by Gasteiger charge is 2.37. The Morgan fingerprint density at radius 1 is 1.32 bits per heavy atom. The molecule has 25 heavy (non-hydrogen) atoms. The number of aromatic nitrogens is 4. The fourth-order valence-corrected chi connectivity index (χ4v) is 2.82. The average molecular weight is 422 g/mol. The standard InChI is InChI=1S/C15H19BrF3N5O/c1-4-23-8-11(9(2)21-23)7-20-12(25)5-6-24-10(3)13(16)14(22-24)15(17,18)19/h8H,4-7H2,1-3H3,(H,20,25). The number of carbonyl (C=O) groups excluding carboxylic acids is 1. The van der Waals surface area contributed by atoms with Crippen molar-refractivity contribution in [2.75, 3.05) is 0 Å². The number of halogens is 4. The molecule has 1 amide bonds. The van der Waals surface area contributed by atoms with Crippen molar-refractivity contribution in [3.63, 3.8) is 0 Å². The Morgan fingerprint density at radius 3 is 2.52 bits per heavy atom. The van der Waals surface area contributed by atoms with Crippen LogP contribution in [-0.4, -0.2) is 25.5 Å². The molecule has 0 saturated carbocycles. The fourth-order valence-electron chi connectivity index (χ4n) is 2.31. The molecule has 0 aliphatic rings. The minimum atomic E-state index is -4.53. The van der Waals surface area contributed by atoms with E-state index in [9.17, 15) is 18.0 Å². The SMILES string of the molecule is CCn1cc(CNC(=O)CCn2nc(C(F)(F)F)c(Br)c2C)c(C)n1. The maximum absolute atomic E-state index is 12.8. The summed E-state index contributed by atoms with van der Waals surface area (Å²) in [6.07, 6.45) is -2.64. The topological polar surface area (TPSA) is 64.7 Å². The minimum Gasteiger partial charge on any atom is -0.352 e. The number of alkyl halides is 3. The van der Waals surface area contributed by atoms with Crippen LogP contribution in [0.15, 0.2) is 10.7 Å². The van der Waals surface area contributed by atoms with E-state index in [-0.39, 0.29) is 23.3 Å². The normalized spacial score (nSPS) is 11.8. The van der Waals surface area contributed by atoms with Crippen LogP contribution in [0.5, 0.6) is 0 Å². The minimum absolute atomic E-state index is 0.0349. The molecule has 6 nitrogen and oxygen atoms in total. The third-order valence-electron chi connectivity index (χ3n) is 3.80. The van der Waals surface area contributed by atoms with Gasteiger partial charge >= 0.3 is 6.18 Å². The van der Waals surface area contributed by atoms with E-state index < -0.39 is 11.9 Å². The molecule has 1 N–H and O–H groups in total. The number of rotatable bonds is 6. The van der Waals surface area contributed by atoms with Crippen molar-refractivity contribution in [3.05, 3.63) is 33.3 Å². The molecule has 2 aromatic rings. The van der Waals surface area contributed by atoms with Gasteiger partial charge in [0.1, 0.15) is 0 Å². The lowest BCUT2D eigenvalue weighted by atomic mass is 10.2. The molecule has 2 heterocycles. The first-order valence-electron chi connectivity index (χ1n) is 7.73. The lowest BCUT2D eigenvalue weighted by Crippen LogP contribution is -2.24. The Labute approximate surface area is 151 Å². The highest BCUT2D eigenvalue weighted by molar-refractivity contribution is 9.10. The van der Waals surface area contributed by atoms with Crippen LogP contribution in [0.25, 0.3) is 0 Å². The molecule has 10 heteroatoms. The van der Waals surface area contributed by atoms with Gasteiger partial charge in [0.15, 0.2) is 5.69 Å². The van der Waals surface area contributed by atoms with Gasteiger partial charge in [-0.3, -0.25) is 14.2 Å². The molecular weight excluding hydrogens is 403 g/mol. The summed E-state index contributed by atoms with van der Waals surface area (Å²) in [5.41, 5.74) is 1.10. The van der Waals surface area contributed by atoms with Crippen molar-refractivity contribution < 1.29 is 18.0 Å². The lowest BCUT2D eigenvalue weighted by Gasteiger charge is -2.06. The van der Waals surface area contributed by atoms with Gasteiger partial charge in [0, 0.05) is 31.3 Å². The summed E-state index contributed by atoms with van der Waals surface area (Å²) < 4.78 is 41.3. The number of amides is 1. The van der Waals surface area contributed by atoms with E-state index in [1.54, 1.807) is 4.68 Å². The summed E-state index contributed by atoms with van der Waals surface area (Å²) in [5.74, 6) is -0.261. The van der Waals surface area contributed by atoms with E-state index in [1.807, 2.05) is 20.0 Å². The first-order valence-corrected chi connectivity index (χ1v) is 8.52. The third-order valence-corrected chi connectivity index (χ3v) is 4.75. The predicted octanol–water partition coefficient (Wildman–Crippen LogP) is 3.20. The van der Waals surface area contributed by atoms with E-state index in [4.69, 9.17) is 0 Å². The zero-order valence-electron chi connectivity index (χ0n) is 14.1. The second-order valence-corrected chi connectivity index (χ2v) is 6.38. The van der Waals surface area contributed by atoms with E-state index in [2.05, 4.69) is 31.4 Å². The van der Waals surface area contributed by atoms with Crippen LogP contribution in [0.3, 0.4) is 0 Å². The number of aryl methyl sites for hydroxylation is 3. The van der Waals surface area contributed by atoms with Crippen LogP contribution in [0, 0.1) is 13.8 Å². The van der Waals surface area contributed by atoms with Gasteiger partial charge in [-0.25, -0.2) is 0 Å². The van der Waals surface area contributed by atoms with Gasteiger partial charge in [-0.15, -0.1) is 0 Å². The Balaban J connectivity index is 1.93. The van der Waals surface area contributed by atoms with Gasteiger partial charge in [-0.05, 0) is 36.7 Å². The molecule has 0 radical (unpaired) electrons. The molecule has 0 unspecified atom stereocenters. The van der Waals surface area contributed by atoms with E-state index in [0.717, 1.165) is 17.8 Å². The second kappa shape index (κ2) is 7.59. The molecule has 2 aromatic heterocycles. The van der Waals surface area contributed by atoms with Gasteiger partial charge < -0.3 is 5.32 Å². The third kappa shape index (κ3) is 4.62. The van der Waals surface area contributed by atoms with Crippen LogP contribution in [0.1, 0.15) is 36.0 Å². The summed E-state index contributed by atoms with van der Waals surface area (Å²) in [4.78, 5) is 12.0. The molecule has 138 valence electrons. The highest BCUT2D eigenvalue weighted by Crippen LogP contribution is 2.35. The molecule has 0 aromatic carbocycles. The molecule has 0 atom stereocenters. The van der Waals surface area contributed by atoms with E-state index >= 15 is 0 Å². The van der Waals surface area contributed by atoms with Crippen molar-refractivity contribution in [1.82, 2.24) is 24.9 Å². The van der Waals surface area contributed by atoms with Crippen LogP contribution in [0.4, 0.5) is 13.2 Å². The zero-order valence-corrected chi connectivity index (χ0v) is 15.7. The maximum Gasteiger partial charge on any atom is 0.436 e. The van der Waals surface area contributed by atoms with Gasteiger partial charge in [0.2, 0.25) is 5.91 Å². The summed E-state index contributed by atoms with van der Waals surface area (Å²) in [5, 5.41) is 10.6. The zero-order chi connectivity index (χ0) is 18.8. The van der Waals surface area contributed by atoms with Crippen molar-refractivity contribution in [3.8, 4) is 0 Å². The maximum atomic E-state index is 12.8. The first kappa shape index (κ1) is 19.5. The van der Waals surface area contributed by atoms with Gasteiger partial charge in [0.25, 0.3) is 0 Å². The molecule has 2 rings (SSSR count). The van der Waals surface area contributed by atoms with E-state index in [1.165, 1.54) is 11.6 Å². The Kier molecular flexibility index (Phi) is 5.91. The molecular formula is C15H19BrF3N5O. The van der Waals surface area contributed by atoms with Crippen molar-refractivity contribution in [2.24, 2.45) is 0 Å². The largest absolute Gasteiger partial charge is 0.436 e. The molecule has 0 aliphatic heterocycles. The van der Waals surface area contributed by atoms with E-state index in [0.29, 0.717) is 12.2 Å². The summed E-state index contributed by atoms with van der Waals surface area (Å²) >= 11 is 2.91.